The highest BCUT2D eigenvalue weighted by molar-refractivity contribution is 5.96. The summed E-state index contributed by atoms with van der Waals surface area (Å²) in [6.45, 7) is -0.0159. The maximum atomic E-state index is 12.5. The van der Waals surface area contributed by atoms with Crippen LogP contribution in [0.3, 0.4) is 0 Å². The first-order valence-electron chi connectivity index (χ1n) is 6.86. The Bertz CT molecular complexity index is 598. The number of para-hydroxylation sites is 1. The minimum atomic E-state index is -0.268. The fourth-order valence-corrected chi connectivity index (χ4v) is 2.37. The molecule has 2 rings (SSSR count). The molecule has 4 nitrogen and oxygen atoms in total. The monoisotopic (exact) mass is 285 g/mol. The second kappa shape index (κ2) is 6.90. The number of aliphatic hydroxyl groups is 1. The van der Waals surface area contributed by atoms with Crippen LogP contribution in [0.1, 0.15) is 28.4 Å². The SMILES string of the molecule is CN(C(=O)c1ccccc1O)C(CCO)c1ccccc1. The van der Waals surface area contributed by atoms with Crippen LogP contribution in [-0.4, -0.2) is 34.7 Å². The first kappa shape index (κ1) is 15.1. The standard InChI is InChI=1S/C17H19NO3/c1-18(17(21)14-9-5-6-10-16(14)20)15(11-12-19)13-7-3-2-4-8-13/h2-10,15,19-20H,11-12H2,1H3. The Morgan fingerprint density at radius 3 is 2.33 bits per heavy atom. The number of carbonyl (C=O) groups excluding carboxylic acids is 1. The number of phenols is 1. The highest BCUT2D eigenvalue weighted by Crippen LogP contribution is 2.26. The Hall–Kier alpha value is -2.33. The maximum Gasteiger partial charge on any atom is 0.257 e. The molecule has 0 heterocycles. The number of rotatable bonds is 5. The summed E-state index contributed by atoms with van der Waals surface area (Å²) in [6.07, 6.45) is 0.444. The van der Waals surface area contributed by atoms with Crippen LogP contribution in [0.2, 0.25) is 0 Å². The van der Waals surface area contributed by atoms with Crippen molar-refractivity contribution in [2.24, 2.45) is 0 Å². The largest absolute Gasteiger partial charge is 0.507 e. The lowest BCUT2D eigenvalue weighted by Crippen LogP contribution is -2.32. The van der Waals surface area contributed by atoms with Crippen molar-refractivity contribution >= 4 is 5.91 Å². The third-order valence-electron chi connectivity index (χ3n) is 3.51. The minimum Gasteiger partial charge on any atom is -0.507 e. The van der Waals surface area contributed by atoms with Crippen LogP contribution < -0.4 is 0 Å². The summed E-state index contributed by atoms with van der Waals surface area (Å²) in [5.74, 6) is -0.305. The van der Waals surface area contributed by atoms with Gasteiger partial charge in [0, 0.05) is 13.7 Å². The molecule has 2 aromatic carbocycles. The van der Waals surface area contributed by atoms with Crippen LogP contribution in [0, 0.1) is 0 Å². The van der Waals surface area contributed by atoms with E-state index in [1.54, 1.807) is 30.1 Å². The normalized spacial score (nSPS) is 11.9. The molecule has 21 heavy (non-hydrogen) atoms. The highest BCUT2D eigenvalue weighted by atomic mass is 16.3. The van der Waals surface area contributed by atoms with Gasteiger partial charge in [0.2, 0.25) is 0 Å². The Morgan fingerprint density at radius 2 is 1.71 bits per heavy atom. The molecule has 0 aromatic heterocycles. The third-order valence-corrected chi connectivity index (χ3v) is 3.51. The summed E-state index contributed by atoms with van der Waals surface area (Å²) < 4.78 is 0. The topological polar surface area (TPSA) is 60.8 Å². The van der Waals surface area contributed by atoms with E-state index in [0.717, 1.165) is 5.56 Å². The zero-order chi connectivity index (χ0) is 15.2. The van der Waals surface area contributed by atoms with Gasteiger partial charge in [-0.3, -0.25) is 4.79 Å². The van der Waals surface area contributed by atoms with E-state index < -0.39 is 0 Å². The molecule has 2 N–H and O–H groups in total. The van der Waals surface area contributed by atoms with E-state index in [1.807, 2.05) is 30.3 Å². The van der Waals surface area contributed by atoms with Gasteiger partial charge in [0.1, 0.15) is 5.75 Å². The molecule has 2 aromatic rings. The smallest absolute Gasteiger partial charge is 0.257 e. The number of phenolic OH excluding ortho intramolecular Hbond substituents is 1. The van der Waals surface area contributed by atoms with Crippen LogP contribution in [0.4, 0.5) is 0 Å². The number of hydrogen-bond donors (Lipinski definition) is 2. The molecule has 0 aliphatic heterocycles. The number of benzene rings is 2. The average molecular weight is 285 g/mol. The second-order valence-corrected chi connectivity index (χ2v) is 4.87. The maximum absolute atomic E-state index is 12.5. The molecule has 1 atom stereocenters. The van der Waals surface area contributed by atoms with E-state index in [0.29, 0.717) is 6.42 Å². The molecule has 110 valence electrons. The first-order chi connectivity index (χ1) is 10.1. The Morgan fingerprint density at radius 1 is 1.10 bits per heavy atom. The van der Waals surface area contributed by atoms with E-state index in [9.17, 15) is 15.0 Å². The van der Waals surface area contributed by atoms with Gasteiger partial charge in [0.25, 0.3) is 5.91 Å². The summed E-state index contributed by atoms with van der Waals surface area (Å²) in [6, 6.07) is 15.8. The second-order valence-electron chi connectivity index (χ2n) is 4.87. The summed E-state index contributed by atoms with van der Waals surface area (Å²) in [5.41, 5.74) is 1.22. The summed E-state index contributed by atoms with van der Waals surface area (Å²) >= 11 is 0. The summed E-state index contributed by atoms with van der Waals surface area (Å²) in [7, 11) is 1.68. The molecular weight excluding hydrogens is 266 g/mol. The molecule has 1 amide bonds. The van der Waals surface area contributed by atoms with Gasteiger partial charge in [-0.1, -0.05) is 42.5 Å². The lowest BCUT2D eigenvalue weighted by atomic mass is 10.0. The summed E-state index contributed by atoms with van der Waals surface area (Å²) in [4.78, 5) is 14.1. The number of aromatic hydroxyl groups is 1. The molecule has 0 aliphatic carbocycles. The van der Waals surface area contributed by atoms with Crippen molar-refractivity contribution in [2.75, 3.05) is 13.7 Å². The zero-order valence-electron chi connectivity index (χ0n) is 11.9. The molecule has 0 saturated carbocycles. The van der Waals surface area contributed by atoms with Gasteiger partial charge >= 0.3 is 0 Å². The Balaban J connectivity index is 2.29. The van der Waals surface area contributed by atoms with Crippen molar-refractivity contribution in [3.63, 3.8) is 0 Å². The van der Waals surface area contributed by atoms with Gasteiger partial charge in [-0.2, -0.15) is 0 Å². The van der Waals surface area contributed by atoms with E-state index in [2.05, 4.69) is 0 Å². The van der Waals surface area contributed by atoms with Gasteiger partial charge in [-0.15, -0.1) is 0 Å². The lowest BCUT2D eigenvalue weighted by molar-refractivity contribution is 0.0702. The van der Waals surface area contributed by atoms with Crippen molar-refractivity contribution in [2.45, 2.75) is 12.5 Å². The highest BCUT2D eigenvalue weighted by Gasteiger charge is 2.23. The van der Waals surface area contributed by atoms with Gasteiger partial charge in [0.05, 0.1) is 11.6 Å². The summed E-state index contributed by atoms with van der Waals surface area (Å²) in [5, 5.41) is 19.1. The quantitative estimate of drug-likeness (QED) is 0.887. The number of carbonyl (C=O) groups is 1. The molecule has 0 spiro atoms. The van der Waals surface area contributed by atoms with Gasteiger partial charge in [-0.25, -0.2) is 0 Å². The van der Waals surface area contributed by atoms with E-state index in [1.165, 1.54) is 6.07 Å². The van der Waals surface area contributed by atoms with E-state index >= 15 is 0 Å². The van der Waals surface area contributed by atoms with Crippen molar-refractivity contribution < 1.29 is 15.0 Å². The fraction of sp³-hybridized carbons (Fsp3) is 0.235. The molecule has 0 radical (unpaired) electrons. The predicted molar refractivity (Wildman–Crippen MR) is 81.1 cm³/mol. The third kappa shape index (κ3) is 3.41. The Kier molecular flexibility index (Phi) is 4.95. The van der Waals surface area contributed by atoms with Crippen LogP contribution in [0.15, 0.2) is 54.6 Å². The number of nitrogens with zero attached hydrogens (tertiary/aromatic N) is 1. The van der Waals surface area contributed by atoms with Gasteiger partial charge in [-0.05, 0) is 24.1 Å². The van der Waals surface area contributed by atoms with Crippen molar-refractivity contribution in [3.05, 3.63) is 65.7 Å². The van der Waals surface area contributed by atoms with Crippen molar-refractivity contribution in [1.82, 2.24) is 4.90 Å². The number of amides is 1. The predicted octanol–water partition coefficient (Wildman–Crippen LogP) is 2.59. The lowest BCUT2D eigenvalue weighted by Gasteiger charge is -2.28. The van der Waals surface area contributed by atoms with Crippen LogP contribution in [0.5, 0.6) is 5.75 Å². The number of hydrogen-bond acceptors (Lipinski definition) is 3. The molecule has 0 saturated heterocycles. The Labute approximate surface area is 124 Å². The molecule has 0 aliphatic rings. The van der Waals surface area contributed by atoms with Gasteiger partial charge < -0.3 is 15.1 Å². The molecular formula is C17H19NO3. The zero-order valence-corrected chi connectivity index (χ0v) is 11.9. The molecule has 1 unspecified atom stereocenters. The van der Waals surface area contributed by atoms with Crippen LogP contribution in [-0.2, 0) is 0 Å². The average Bonchev–Trinajstić information content (AvgIpc) is 2.52. The van der Waals surface area contributed by atoms with Crippen LogP contribution in [0.25, 0.3) is 0 Å². The minimum absolute atomic E-state index is 0.0159. The molecule has 4 heteroatoms. The first-order valence-corrected chi connectivity index (χ1v) is 6.86. The van der Waals surface area contributed by atoms with Crippen LogP contribution >= 0.6 is 0 Å². The van der Waals surface area contributed by atoms with Crippen molar-refractivity contribution in [1.29, 1.82) is 0 Å². The van der Waals surface area contributed by atoms with E-state index in [-0.39, 0.29) is 29.9 Å². The van der Waals surface area contributed by atoms with Crippen molar-refractivity contribution in [3.8, 4) is 5.75 Å². The molecule has 0 bridgehead atoms. The molecule has 0 fully saturated rings. The van der Waals surface area contributed by atoms with E-state index in [4.69, 9.17) is 0 Å². The fourth-order valence-electron chi connectivity index (χ4n) is 2.37. The van der Waals surface area contributed by atoms with Gasteiger partial charge in [0.15, 0.2) is 0 Å². The number of aliphatic hydroxyl groups excluding tert-OH is 1.